The minimum absolute atomic E-state index is 0.116. The van der Waals surface area contributed by atoms with E-state index >= 15 is 0 Å². The summed E-state index contributed by atoms with van der Waals surface area (Å²) in [6.07, 6.45) is 5.40. The molecule has 1 aromatic carbocycles. The van der Waals surface area contributed by atoms with Crippen molar-refractivity contribution in [1.82, 2.24) is 15.0 Å². The predicted molar refractivity (Wildman–Crippen MR) is 91.2 cm³/mol. The highest BCUT2D eigenvalue weighted by molar-refractivity contribution is 6.03. The molecular weight excluding hydrogens is 304 g/mol. The summed E-state index contributed by atoms with van der Waals surface area (Å²) in [5, 5.41) is 2.67. The van der Waals surface area contributed by atoms with E-state index in [1.54, 1.807) is 6.07 Å². The third-order valence-electron chi connectivity index (χ3n) is 4.27. The second-order valence-electron chi connectivity index (χ2n) is 5.92. The van der Waals surface area contributed by atoms with Crippen LogP contribution in [0.5, 0.6) is 0 Å². The molecule has 1 amide bonds. The second kappa shape index (κ2) is 5.88. The number of anilines is 1. The van der Waals surface area contributed by atoms with Gasteiger partial charge >= 0.3 is 0 Å². The number of rotatable bonds is 2. The van der Waals surface area contributed by atoms with Crippen molar-refractivity contribution in [2.75, 3.05) is 5.32 Å². The lowest BCUT2D eigenvalue weighted by Gasteiger charge is -2.15. The number of pyridine rings is 1. The summed E-state index contributed by atoms with van der Waals surface area (Å²) in [7, 11) is 0. The molecule has 24 heavy (non-hydrogen) atoms. The third-order valence-corrected chi connectivity index (χ3v) is 4.27. The molecule has 2 aromatic heterocycles. The van der Waals surface area contributed by atoms with Crippen LogP contribution in [0.2, 0.25) is 0 Å². The van der Waals surface area contributed by atoms with E-state index in [0.29, 0.717) is 11.3 Å². The Kier molecular flexibility index (Phi) is 3.57. The van der Waals surface area contributed by atoms with Gasteiger partial charge in [-0.2, -0.15) is 0 Å². The van der Waals surface area contributed by atoms with Crippen LogP contribution in [0.1, 0.15) is 34.5 Å². The lowest BCUT2D eigenvalue weighted by atomic mass is 9.95. The molecule has 0 fully saturated rings. The first-order valence-corrected chi connectivity index (χ1v) is 7.99. The van der Waals surface area contributed by atoms with Gasteiger partial charge in [-0.3, -0.25) is 14.6 Å². The Morgan fingerprint density at radius 1 is 1.12 bits per heavy atom. The van der Waals surface area contributed by atoms with Crippen LogP contribution in [0.25, 0.3) is 11.0 Å². The minimum atomic E-state index is -0.464. The quantitative estimate of drug-likeness (QED) is 0.759. The van der Waals surface area contributed by atoms with Gasteiger partial charge in [0.15, 0.2) is 5.82 Å². The zero-order valence-electron chi connectivity index (χ0n) is 13.0. The molecule has 2 N–H and O–H groups in total. The van der Waals surface area contributed by atoms with E-state index in [9.17, 15) is 9.59 Å². The Labute approximate surface area is 138 Å². The van der Waals surface area contributed by atoms with Crippen LogP contribution in [0, 0.1) is 0 Å². The molecule has 1 aliphatic rings. The number of H-pyrrole nitrogens is 1. The van der Waals surface area contributed by atoms with Gasteiger partial charge in [-0.1, -0.05) is 12.1 Å². The molecule has 6 heteroatoms. The monoisotopic (exact) mass is 320 g/mol. The van der Waals surface area contributed by atoms with Gasteiger partial charge < -0.3 is 10.3 Å². The molecular formula is C18H16N4O2. The van der Waals surface area contributed by atoms with Crippen molar-refractivity contribution in [3.05, 3.63) is 63.7 Å². The van der Waals surface area contributed by atoms with Crippen molar-refractivity contribution in [3.63, 3.8) is 0 Å². The number of hydrogen-bond acceptors (Lipinski definition) is 4. The fourth-order valence-electron chi connectivity index (χ4n) is 3.04. The smallest absolute Gasteiger partial charge is 0.262 e. The standard InChI is InChI=1S/C18H16N4O2/c23-17-12(9-11-5-1-2-6-13(11)21-17)18(24)22-16-10-19-14-7-3-4-8-15(14)20-16/h3-4,7-10H,1-2,5-6H2,(H,21,23)(H,20,22,24). The van der Waals surface area contributed by atoms with Gasteiger partial charge in [0.1, 0.15) is 5.56 Å². The van der Waals surface area contributed by atoms with Gasteiger partial charge in [0.25, 0.3) is 11.5 Å². The molecule has 3 aromatic rings. The molecule has 0 bridgehead atoms. The zero-order chi connectivity index (χ0) is 16.5. The Bertz CT molecular complexity index is 994. The summed E-state index contributed by atoms with van der Waals surface area (Å²) in [4.78, 5) is 36.1. The van der Waals surface area contributed by atoms with Gasteiger partial charge in [0.05, 0.1) is 17.2 Å². The van der Waals surface area contributed by atoms with Crippen molar-refractivity contribution in [2.45, 2.75) is 25.7 Å². The van der Waals surface area contributed by atoms with Crippen molar-refractivity contribution in [2.24, 2.45) is 0 Å². The molecule has 0 saturated heterocycles. The third kappa shape index (κ3) is 2.67. The number of nitrogens with one attached hydrogen (secondary N) is 2. The topological polar surface area (TPSA) is 87.7 Å². The predicted octanol–water partition coefficient (Wildman–Crippen LogP) is 2.45. The van der Waals surface area contributed by atoms with Gasteiger partial charge in [0.2, 0.25) is 0 Å². The maximum Gasteiger partial charge on any atom is 0.262 e. The zero-order valence-corrected chi connectivity index (χ0v) is 13.0. The van der Waals surface area contributed by atoms with Crippen LogP contribution >= 0.6 is 0 Å². The molecule has 0 saturated carbocycles. The summed E-state index contributed by atoms with van der Waals surface area (Å²) in [5.74, 6) is -0.134. The number of fused-ring (bicyclic) bond motifs is 2. The normalized spacial score (nSPS) is 13.5. The minimum Gasteiger partial charge on any atom is -0.325 e. The van der Waals surface area contributed by atoms with E-state index in [-0.39, 0.29) is 11.1 Å². The number of benzene rings is 1. The van der Waals surface area contributed by atoms with Crippen molar-refractivity contribution in [1.29, 1.82) is 0 Å². The van der Waals surface area contributed by atoms with Crippen molar-refractivity contribution >= 4 is 22.8 Å². The van der Waals surface area contributed by atoms with Crippen molar-refractivity contribution in [3.8, 4) is 0 Å². The lowest BCUT2D eigenvalue weighted by Crippen LogP contribution is -2.26. The first kappa shape index (κ1) is 14.6. The maximum absolute atomic E-state index is 12.5. The molecule has 6 nitrogen and oxygen atoms in total. The Hall–Kier alpha value is -3.02. The summed E-state index contributed by atoms with van der Waals surface area (Å²) < 4.78 is 0. The number of carbonyl (C=O) groups excluding carboxylic acids is 1. The number of hydrogen-bond donors (Lipinski definition) is 2. The molecule has 2 heterocycles. The highest BCUT2D eigenvalue weighted by atomic mass is 16.2. The molecule has 0 radical (unpaired) electrons. The number of nitrogens with zero attached hydrogens (tertiary/aromatic N) is 2. The molecule has 120 valence electrons. The van der Waals surface area contributed by atoms with Gasteiger partial charge in [-0.05, 0) is 49.4 Å². The van der Waals surface area contributed by atoms with Gasteiger partial charge in [-0.15, -0.1) is 0 Å². The highest BCUT2D eigenvalue weighted by Gasteiger charge is 2.17. The van der Waals surface area contributed by atoms with Crippen LogP contribution in [0.15, 0.2) is 41.3 Å². The molecule has 0 spiro atoms. The van der Waals surface area contributed by atoms with Gasteiger partial charge in [-0.25, -0.2) is 4.98 Å². The van der Waals surface area contributed by atoms with E-state index in [1.807, 2.05) is 24.3 Å². The maximum atomic E-state index is 12.5. The van der Waals surface area contributed by atoms with E-state index in [1.165, 1.54) is 6.20 Å². The number of aromatic nitrogens is 3. The number of carbonyl (C=O) groups is 1. The van der Waals surface area contributed by atoms with Crippen LogP contribution in [-0.2, 0) is 12.8 Å². The molecule has 0 aliphatic heterocycles. The first-order valence-electron chi connectivity index (χ1n) is 7.99. The summed E-state index contributed by atoms with van der Waals surface area (Å²) in [5.41, 5.74) is 3.20. The van der Waals surface area contributed by atoms with E-state index in [2.05, 4.69) is 20.3 Å². The van der Waals surface area contributed by atoms with E-state index in [4.69, 9.17) is 0 Å². The molecule has 1 aliphatic carbocycles. The number of aromatic amines is 1. The van der Waals surface area contributed by atoms with Crippen LogP contribution in [0.4, 0.5) is 5.82 Å². The fraction of sp³-hybridized carbons (Fsp3) is 0.222. The highest BCUT2D eigenvalue weighted by Crippen LogP contribution is 2.19. The van der Waals surface area contributed by atoms with Crippen LogP contribution in [-0.4, -0.2) is 20.9 Å². The summed E-state index contributed by atoms with van der Waals surface area (Å²) in [6.45, 7) is 0. The van der Waals surface area contributed by atoms with Gasteiger partial charge in [0, 0.05) is 5.69 Å². The fourth-order valence-corrected chi connectivity index (χ4v) is 3.04. The van der Waals surface area contributed by atoms with Crippen molar-refractivity contribution < 1.29 is 4.79 Å². The second-order valence-corrected chi connectivity index (χ2v) is 5.92. The molecule has 0 atom stereocenters. The lowest BCUT2D eigenvalue weighted by molar-refractivity contribution is 0.102. The first-order chi connectivity index (χ1) is 11.7. The number of para-hydroxylation sites is 2. The Morgan fingerprint density at radius 2 is 1.92 bits per heavy atom. The Morgan fingerprint density at radius 3 is 2.79 bits per heavy atom. The molecule has 0 unspecified atom stereocenters. The SMILES string of the molecule is O=C(Nc1cnc2ccccc2n1)c1cc2c([nH]c1=O)CCCC2. The Balaban J connectivity index is 1.64. The van der Waals surface area contributed by atoms with Crippen LogP contribution < -0.4 is 10.9 Å². The van der Waals surface area contributed by atoms with Crippen LogP contribution in [0.3, 0.4) is 0 Å². The average molecular weight is 320 g/mol. The summed E-state index contributed by atoms with van der Waals surface area (Å²) in [6, 6.07) is 9.11. The number of aryl methyl sites for hydroxylation is 2. The number of amides is 1. The summed E-state index contributed by atoms with van der Waals surface area (Å²) >= 11 is 0. The van der Waals surface area contributed by atoms with E-state index in [0.717, 1.165) is 42.5 Å². The molecule has 4 rings (SSSR count). The van der Waals surface area contributed by atoms with E-state index < -0.39 is 5.91 Å². The largest absolute Gasteiger partial charge is 0.325 e. The average Bonchev–Trinajstić information content (AvgIpc) is 2.61.